The third kappa shape index (κ3) is 2.33. The van der Waals surface area contributed by atoms with Crippen LogP contribution in [-0.2, 0) is 0 Å². The summed E-state index contributed by atoms with van der Waals surface area (Å²) in [5, 5.41) is 2.86. The van der Waals surface area contributed by atoms with E-state index in [0.717, 1.165) is 0 Å². The van der Waals surface area contributed by atoms with Crippen LogP contribution in [0, 0.1) is 0 Å². The molecule has 2 aromatic rings. The maximum Gasteiger partial charge on any atom is 0.0671 e. The third-order valence-electron chi connectivity index (χ3n) is 4.85. The summed E-state index contributed by atoms with van der Waals surface area (Å²) in [5.41, 5.74) is 5.87. The van der Waals surface area contributed by atoms with Crippen molar-refractivity contribution in [3.8, 4) is 0 Å². The number of anilines is 1. The van der Waals surface area contributed by atoms with E-state index in [2.05, 4.69) is 89.9 Å². The number of nitrogens with zero attached hydrogens (tertiary/aromatic N) is 1. The van der Waals surface area contributed by atoms with E-state index in [1.54, 1.807) is 0 Å². The van der Waals surface area contributed by atoms with Crippen LogP contribution < -0.4 is 15.3 Å². The maximum atomic E-state index is 3.67. The number of rotatable bonds is 2. The molecule has 0 aromatic heterocycles. The summed E-state index contributed by atoms with van der Waals surface area (Å²) in [5.74, 6) is 0.427. The number of benzene rings is 2. The van der Waals surface area contributed by atoms with Gasteiger partial charge in [0.05, 0.1) is 8.07 Å². The molecule has 0 radical (unpaired) electrons. The normalized spacial score (nSPS) is 19.0. The quantitative estimate of drug-likeness (QED) is 0.701. The van der Waals surface area contributed by atoms with Crippen molar-refractivity contribution >= 4 is 41.0 Å². The molecule has 1 atom stereocenters. The van der Waals surface area contributed by atoms with E-state index in [4.69, 9.17) is 0 Å². The Morgan fingerprint density at radius 2 is 1.74 bits per heavy atom. The van der Waals surface area contributed by atoms with E-state index in [1.807, 2.05) is 0 Å². The lowest BCUT2D eigenvalue weighted by Crippen LogP contribution is -2.40. The number of fused-ring (bicyclic) bond motifs is 4. The Balaban J connectivity index is 2.03. The molecule has 0 fully saturated rings. The Hall–Kier alpha value is -1.32. The summed E-state index contributed by atoms with van der Waals surface area (Å²) in [6.07, 6.45) is 1.18. The van der Waals surface area contributed by atoms with Crippen molar-refractivity contribution in [1.29, 1.82) is 0 Å². The molecule has 0 saturated carbocycles. The Morgan fingerprint density at radius 1 is 1.04 bits per heavy atom. The lowest BCUT2D eigenvalue weighted by molar-refractivity contribution is 1.10. The lowest BCUT2D eigenvalue weighted by atomic mass is 9.94. The van der Waals surface area contributed by atoms with Crippen LogP contribution in [0.1, 0.15) is 18.4 Å². The lowest BCUT2D eigenvalue weighted by Gasteiger charge is -2.29. The summed E-state index contributed by atoms with van der Waals surface area (Å²) in [6, 6.07) is 15.7. The van der Waals surface area contributed by atoms with Crippen molar-refractivity contribution in [1.82, 2.24) is 0 Å². The zero-order valence-corrected chi connectivity index (χ0v) is 16.7. The molecule has 2 aromatic carbocycles. The fourth-order valence-corrected chi connectivity index (χ4v) is 5.69. The highest BCUT2D eigenvalue weighted by molar-refractivity contribution is 9.10. The topological polar surface area (TPSA) is 3.24 Å². The molecular weight excluding hydrogens is 362 g/mol. The van der Waals surface area contributed by atoms with Gasteiger partial charge in [-0.3, -0.25) is 0 Å². The summed E-state index contributed by atoms with van der Waals surface area (Å²) in [7, 11) is -1.22. The van der Waals surface area contributed by atoms with Crippen LogP contribution in [0.15, 0.2) is 46.9 Å². The van der Waals surface area contributed by atoms with Crippen LogP contribution in [0.25, 0.3) is 11.3 Å². The molecule has 1 nitrogen and oxygen atoms in total. The molecule has 3 heteroatoms. The third-order valence-corrected chi connectivity index (χ3v) is 6.61. The van der Waals surface area contributed by atoms with Crippen LogP contribution in [0.2, 0.25) is 19.6 Å². The van der Waals surface area contributed by atoms with Crippen molar-refractivity contribution in [2.45, 2.75) is 32.5 Å². The number of hydrogen-bond acceptors (Lipinski definition) is 1. The van der Waals surface area contributed by atoms with Gasteiger partial charge in [-0.25, -0.2) is 0 Å². The minimum Gasteiger partial charge on any atom is -0.346 e. The monoisotopic (exact) mass is 383 g/mol. The van der Waals surface area contributed by atoms with Crippen LogP contribution in [0.3, 0.4) is 0 Å². The highest BCUT2D eigenvalue weighted by atomic mass is 79.9. The largest absolute Gasteiger partial charge is 0.346 e. The van der Waals surface area contributed by atoms with Gasteiger partial charge < -0.3 is 4.90 Å². The molecule has 1 heterocycles. The Morgan fingerprint density at radius 3 is 2.43 bits per heavy atom. The molecule has 0 saturated heterocycles. The smallest absolute Gasteiger partial charge is 0.0671 e. The Labute approximate surface area is 147 Å². The van der Waals surface area contributed by atoms with E-state index in [1.165, 1.54) is 43.6 Å². The highest BCUT2D eigenvalue weighted by Gasteiger charge is 2.39. The van der Waals surface area contributed by atoms with Crippen LogP contribution in [-0.4, -0.2) is 14.2 Å². The summed E-state index contributed by atoms with van der Waals surface area (Å²) in [4.78, 5) is 2.62. The van der Waals surface area contributed by atoms with E-state index in [9.17, 15) is 0 Å². The van der Waals surface area contributed by atoms with Gasteiger partial charge in [0.15, 0.2) is 0 Å². The molecule has 0 spiro atoms. The van der Waals surface area contributed by atoms with Crippen LogP contribution in [0.5, 0.6) is 0 Å². The van der Waals surface area contributed by atoms with Gasteiger partial charge in [-0.15, -0.1) is 0 Å². The minimum atomic E-state index is -1.22. The Bertz CT molecular complexity index is 923. The van der Waals surface area contributed by atoms with Gasteiger partial charge in [-0.2, -0.15) is 0 Å². The second-order valence-electron chi connectivity index (χ2n) is 7.90. The van der Waals surface area contributed by atoms with Crippen molar-refractivity contribution in [2.75, 3.05) is 11.1 Å². The van der Waals surface area contributed by atoms with Gasteiger partial charge in [0.25, 0.3) is 0 Å². The first-order chi connectivity index (χ1) is 10.9. The van der Waals surface area contributed by atoms with Crippen molar-refractivity contribution in [3.63, 3.8) is 0 Å². The predicted molar refractivity (Wildman–Crippen MR) is 106 cm³/mol. The molecule has 118 valence electrons. The van der Waals surface area contributed by atoms with Crippen LogP contribution >= 0.6 is 15.9 Å². The van der Waals surface area contributed by atoms with Gasteiger partial charge >= 0.3 is 0 Å². The first-order valence-corrected chi connectivity index (χ1v) is 12.7. The van der Waals surface area contributed by atoms with Gasteiger partial charge in [0.1, 0.15) is 0 Å². The molecule has 0 N–H and O–H groups in total. The second kappa shape index (κ2) is 5.09. The van der Waals surface area contributed by atoms with Gasteiger partial charge in [-0.05, 0) is 35.9 Å². The summed E-state index contributed by atoms with van der Waals surface area (Å²) in [6.45, 7) is 9.67. The number of hydrogen-bond donors (Lipinski definition) is 0. The van der Waals surface area contributed by atoms with E-state index in [-0.39, 0.29) is 0 Å². The zero-order valence-electron chi connectivity index (χ0n) is 14.2. The molecular formula is C20H22BrNSi. The van der Waals surface area contributed by atoms with Crippen molar-refractivity contribution < 1.29 is 0 Å². The predicted octanol–water partition coefficient (Wildman–Crippen LogP) is 4.22. The zero-order chi connectivity index (χ0) is 16.4. The molecule has 1 aliphatic carbocycles. The SMILES string of the molecule is CC1=c2ccccc2=C2C1c1cc(Br)ccc1N2C[Si](C)(C)C. The average molecular weight is 384 g/mol. The molecule has 2 aliphatic rings. The minimum absolute atomic E-state index is 0.427. The highest BCUT2D eigenvalue weighted by Crippen LogP contribution is 2.49. The van der Waals surface area contributed by atoms with Crippen molar-refractivity contribution in [3.05, 3.63) is 62.9 Å². The molecule has 23 heavy (non-hydrogen) atoms. The molecule has 4 rings (SSSR count). The van der Waals surface area contributed by atoms with Crippen molar-refractivity contribution in [2.24, 2.45) is 0 Å². The number of halogens is 1. The van der Waals surface area contributed by atoms with Gasteiger partial charge in [-0.1, -0.05) is 65.4 Å². The van der Waals surface area contributed by atoms with Crippen LogP contribution in [0.4, 0.5) is 5.69 Å². The van der Waals surface area contributed by atoms with Gasteiger partial charge in [0.2, 0.25) is 0 Å². The second-order valence-corrected chi connectivity index (χ2v) is 14.3. The fourth-order valence-electron chi connectivity index (χ4n) is 4.03. The van der Waals surface area contributed by atoms with E-state index < -0.39 is 8.07 Å². The van der Waals surface area contributed by atoms with Gasteiger partial charge in [0, 0.05) is 33.2 Å². The summed E-state index contributed by atoms with van der Waals surface area (Å²) >= 11 is 3.67. The molecule has 1 unspecified atom stereocenters. The standard InChI is InChI=1S/C20H22BrNSi/c1-13-15-7-5-6-8-16(15)20-19(13)17-11-14(21)9-10-18(17)22(20)12-23(2,3)4/h5-11,19H,12H2,1-4H3. The molecule has 1 aliphatic heterocycles. The van der Waals surface area contributed by atoms with E-state index >= 15 is 0 Å². The van der Waals surface area contributed by atoms with E-state index in [0.29, 0.717) is 5.92 Å². The maximum absolute atomic E-state index is 3.67. The first kappa shape index (κ1) is 15.2. The Kier molecular flexibility index (Phi) is 3.36. The fraction of sp³-hybridized carbons (Fsp3) is 0.300. The molecule has 0 bridgehead atoms. The summed E-state index contributed by atoms with van der Waals surface area (Å²) < 4.78 is 1.18. The first-order valence-electron chi connectivity index (χ1n) is 8.24. The average Bonchev–Trinajstić information content (AvgIpc) is 2.93. The molecule has 0 amide bonds.